The number of nitrogens with one attached hydrogen (secondary N) is 2. The minimum Gasteiger partial charge on any atom is -0.395 e. The molecular weight excluding hydrogens is 268 g/mol. The average Bonchev–Trinajstić information content (AvgIpc) is 3.19. The monoisotopic (exact) mass is 294 g/mol. The second-order valence-electron chi connectivity index (χ2n) is 6.39. The number of carbonyl (C=O) groups is 1. The average molecular weight is 294 g/mol. The molecule has 2 unspecified atom stereocenters. The Labute approximate surface area is 126 Å². The zero-order valence-corrected chi connectivity index (χ0v) is 12.8. The summed E-state index contributed by atoms with van der Waals surface area (Å²) in [6.45, 7) is 4.36. The number of hydrogen-bond donors (Lipinski definition) is 3. The van der Waals surface area contributed by atoms with Crippen molar-refractivity contribution >= 4 is 5.91 Å². The maximum absolute atomic E-state index is 12.2. The number of hydrogen-bond acceptors (Lipinski definition) is 5. The Balaban J connectivity index is 1.83. The molecule has 1 heterocycles. The largest absolute Gasteiger partial charge is 0.395 e. The number of carbonyl (C=O) groups excluding carboxylic acids is 1. The number of nitriles is 1. The standard InChI is InChI=1S/C15H26N4O2/c1-15(11-16,12-4-5-12)18-14(21)10-19(7-8-20)9-13-3-2-6-17-13/h12-13,17,20H,2-10H2,1H3,(H,18,21). The van der Waals surface area contributed by atoms with E-state index < -0.39 is 5.54 Å². The van der Waals surface area contributed by atoms with Gasteiger partial charge >= 0.3 is 0 Å². The highest BCUT2D eigenvalue weighted by Gasteiger charge is 2.43. The Bertz CT molecular complexity index is 399. The predicted octanol–water partition coefficient (Wildman–Crippen LogP) is -0.159. The van der Waals surface area contributed by atoms with Gasteiger partial charge in [0, 0.05) is 19.1 Å². The summed E-state index contributed by atoms with van der Waals surface area (Å²) in [4.78, 5) is 14.2. The van der Waals surface area contributed by atoms with Gasteiger partial charge in [0.1, 0.15) is 5.54 Å². The van der Waals surface area contributed by atoms with Crippen LogP contribution in [-0.4, -0.2) is 60.3 Å². The molecule has 2 atom stereocenters. The van der Waals surface area contributed by atoms with E-state index in [4.69, 9.17) is 5.11 Å². The lowest BCUT2D eigenvalue weighted by Gasteiger charge is -2.27. The summed E-state index contributed by atoms with van der Waals surface area (Å²) in [6, 6.07) is 2.64. The highest BCUT2D eigenvalue weighted by atomic mass is 16.3. The Hall–Kier alpha value is -1.16. The molecule has 1 amide bonds. The first-order valence-corrected chi connectivity index (χ1v) is 7.86. The SMILES string of the molecule is CC(C#N)(NC(=O)CN(CCO)CC1CCCN1)C1CC1. The molecule has 0 bridgehead atoms. The molecule has 1 saturated heterocycles. The highest BCUT2D eigenvalue weighted by molar-refractivity contribution is 5.79. The Kier molecular flexibility index (Phi) is 5.57. The van der Waals surface area contributed by atoms with Gasteiger partial charge in [0.05, 0.1) is 19.2 Å². The third-order valence-corrected chi connectivity index (χ3v) is 4.45. The molecule has 118 valence electrons. The lowest BCUT2D eigenvalue weighted by atomic mass is 9.98. The summed E-state index contributed by atoms with van der Waals surface area (Å²) in [6.07, 6.45) is 4.30. The molecule has 0 spiro atoms. The van der Waals surface area contributed by atoms with Gasteiger partial charge in [-0.15, -0.1) is 0 Å². The molecule has 0 aromatic carbocycles. The van der Waals surface area contributed by atoms with Crippen LogP contribution in [0.2, 0.25) is 0 Å². The van der Waals surface area contributed by atoms with E-state index in [1.54, 1.807) is 6.92 Å². The van der Waals surface area contributed by atoms with E-state index in [9.17, 15) is 10.1 Å². The summed E-state index contributed by atoms with van der Waals surface area (Å²) >= 11 is 0. The van der Waals surface area contributed by atoms with Gasteiger partial charge in [-0.05, 0) is 45.1 Å². The molecule has 2 aliphatic rings. The second-order valence-corrected chi connectivity index (χ2v) is 6.39. The first-order chi connectivity index (χ1) is 10.1. The molecule has 0 radical (unpaired) electrons. The molecule has 6 nitrogen and oxygen atoms in total. The van der Waals surface area contributed by atoms with Crippen molar-refractivity contribution < 1.29 is 9.90 Å². The molecule has 2 fully saturated rings. The molecule has 21 heavy (non-hydrogen) atoms. The van der Waals surface area contributed by atoms with Crippen molar-refractivity contribution in [1.29, 1.82) is 5.26 Å². The van der Waals surface area contributed by atoms with E-state index in [-0.39, 0.29) is 25.0 Å². The van der Waals surface area contributed by atoms with Crippen molar-refractivity contribution in [2.45, 2.75) is 44.2 Å². The van der Waals surface area contributed by atoms with Crippen LogP contribution in [0.3, 0.4) is 0 Å². The summed E-state index contributed by atoms with van der Waals surface area (Å²) in [7, 11) is 0. The van der Waals surface area contributed by atoms with E-state index in [1.807, 2.05) is 4.90 Å². The van der Waals surface area contributed by atoms with Crippen molar-refractivity contribution in [2.75, 3.05) is 32.8 Å². The number of rotatable bonds is 8. The fourth-order valence-corrected chi connectivity index (χ4v) is 3.01. The molecule has 0 aromatic heterocycles. The van der Waals surface area contributed by atoms with Crippen LogP contribution in [-0.2, 0) is 4.79 Å². The van der Waals surface area contributed by atoms with Gasteiger partial charge in [-0.25, -0.2) is 0 Å². The third-order valence-electron chi connectivity index (χ3n) is 4.45. The molecule has 2 rings (SSSR count). The van der Waals surface area contributed by atoms with Crippen LogP contribution in [0.15, 0.2) is 0 Å². The zero-order valence-electron chi connectivity index (χ0n) is 12.8. The first-order valence-electron chi connectivity index (χ1n) is 7.86. The quantitative estimate of drug-likeness (QED) is 0.579. The van der Waals surface area contributed by atoms with Crippen LogP contribution in [0.1, 0.15) is 32.6 Å². The van der Waals surface area contributed by atoms with E-state index in [1.165, 1.54) is 0 Å². The van der Waals surface area contributed by atoms with Gasteiger partial charge in [0.2, 0.25) is 5.91 Å². The summed E-state index contributed by atoms with van der Waals surface area (Å²) in [5, 5.41) is 24.7. The maximum Gasteiger partial charge on any atom is 0.235 e. The molecular formula is C15H26N4O2. The minimum atomic E-state index is -0.742. The highest BCUT2D eigenvalue weighted by Crippen LogP contribution is 2.39. The third kappa shape index (κ3) is 4.67. The summed E-state index contributed by atoms with van der Waals surface area (Å²) < 4.78 is 0. The molecule has 6 heteroatoms. The summed E-state index contributed by atoms with van der Waals surface area (Å²) in [5.74, 6) is 0.159. The predicted molar refractivity (Wildman–Crippen MR) is 79.4 cm³/mol. The lowest BCUT2D eigenvalue weighted by molar-refractivity contribution is -0.123. The molecule has 0 aromatic rings. The number of aliphatic hydroxyl groups excluding tert-OH is 1. The smallest absolute Gasteiger partial charge is 0.235 e. The van der Waals surface area contributed by atoms with Crippen molar-refractivity contribution in [3.63, 3.8) is 0 Å². The maximum atomic E-state index is 12.2. The minimum absolute atomic E-state index is 0.0398. The van der Waals surface area contributed by atoms with Crippen molar-refractivity contribution in [3.8, 4) is 6.07 Å². The molecule has 1 aliphatic carbocycles. The van der Waals surface area contributed by atoms with Crippen LogP contribution in [0.4, 0.5) is 0 Å². The van der Waals surface area contributed by atoms with E-state index in [0.29, 0.717) is 12.6 Å². The van der Waals surface area contributed by atoms with Crippen LogP contribution in [0.25, 0.3) is 0 Å². The van der Waals surface area contributed by atoms with E-state index in [0.717, 1.165) is 38.8 Å². The van der Waals surface area contributed by atoms with Gasteiger partial charge in [0.15, 0.2) is 0 Å². The van der Waals surface area contributed by atoms with E-state index in [2.05, 4.69) is 16.7 Å². The summed E-state index contributed by atoms with van der Waals surface area (Å²) in [5.41, 5.74) is -0.742. The van der Waals surface area contributed by atoms with Gasteiger partial charge in [0.25, 0.3) is 0 Å². The number of amides is 1. The lowest BCUT2D eigenvalue weighted by Crippen LogP contribution is -2.51. The second kappa shape index (κ2) is 7.21. The van der Waals surface area contributed by atoms with Crippen LogP contribution >= 0.6 is 0 Å². The van der Waals surface area contributed by atoms with Crippen LogP contribution < -0.4 is 10.6 Å². The topological polar surface area (TPSA) is 88.4 Å². The van der Waals surface area contributed by atoms with Gasteiger partial charge in [-0.2, -0.15) is 5.26 Å². The van der Waals surface area contributed by atoms with E-state index >= 15 is 0 Å². The normalized spacial score (nSPS) is 24.6. The van der Waals surface area contributed by atoms with Gasteiger partial charge in [-0.1, -0.05) is 0 Å². The van der Waals surface area contributed by atoms with Gasteiger partial charge < -0.3 is 15.7 Å². The Morgan fingerprint density at radius 1 is 1.52 bits per heavy atom. The van der Waals surface area contributed by atoms with Crippen molar-refractivity contribution in [1.82, 2.24) is 15.5 Å². The van der Waals surface area contributed by atoms with Crippen LogP contribution in [0, 0.1) is 17.2 Å². The molecule has 1 aliphatic heterocycles. The number of aliphatic hydroxyl groups is 1. The van der Waals surface area contributed by atoms with Crippen molar-refractivity contribution in [3.05, 3.63) is 0 Å². The number of nitrogens with zero attached hydrogens (tertiary/aromatic N) is 2. The van der Waals surface area contributed by atoms with Gasteiger partial charge in [-0.3, -0.25) is 9.69 Å². The fourth-order valence-electron chi connectivity index (χ4n) is 3.01. The molecule has 1 saturated carbocycles. The fraction of sp³-hybridized carbons (Fsp3) is 0.867. The van der Waals surface area contributed by atoms with Crippen molar-refractivity contribution in [2.24, 2.45) is 5.92 Å². The zero-order chi connectivity index (χ0) is 15.3. The Morgan fingerprint density at radius 2 is 2.29 bits per heavy atom. The van der Waals surface area contributed by atoms with Crippen LogP contribution in [0.5, 0.6) is 0 Å². The molecule has 3 N–H and O–H groups in total. The first kappa shape index (κ1) is 16.2. The Morgan fingerprint density at radius 3 is 2.81 bits per heavy atom.